The van der Waals surface area contributed by atoms with Gasteiger partial charge >= 0.3 is 0 Å². The number of hydrogen-bond acceptors (Lipinski definition) is 6. The number of carbonyl (C=O) groups is 1. The molecule has 1 atom stereocenters. The summed E-state index contributed by atoms with van der Waals surface area (Å²) in [5.41, 5.74) is 3.81. The lowest BCUT2D eigenvalue weighted by Crippen LogP contribution is -2.44. The van der Waals surface area contributed by atoms with E-state index in [1.165, 1.54) is 23.7 Å². The standard InChI is InChI=1S/C21H25N3O5S/c1-15-5-8-19(9-6-15)30(27,28)24-11-3-4-16(14-24)21(26)23-22-13-17-12-18(29-2)7-10-20(17)25/h5-10,12-13,16,25H,3-4,11,14H2,1-2H3,(H,23,26)/b22-13+/t16-/m1/s1. The number of carbonyl (C=O) groups excluding carboxylic acids is 1. The van der Waals surface area contributed by atoms with Crippen LogP contribution in [0, 0.1) is 12.8 Å². The van der Waals surface area contributed by atoms with Gasteiger partial charge in [0.05, 0.1) is 24.1 Å². The van der Waals surface area contributed by atoms with E-state index in [1.807, 2.05) is 6.92 Å². The Morgan fingerprint density at radius 2 is 2.00 bits per heavy atom. The molecule has 2 aromatic rings. The van der Waals surface area contributed by atoms with E-state index in [0.29, 0.717) is 30.7 Å². The minimum atomic E-state index is -3.65. The van der Waals surface area contributed by atoms with Crippen molar-refractivity contribution in [3.05, 3.63) is 53.6 Å². The van der Waals surface area contributed by atoms with Crippen molar-refractivity contribution in [1.82, 2.24) is 9.73 Å². The van der Waals surface area contributed by atoms with Crippen LogP contribution in [0.15, 0.2) is 52.5 Å². The number of nitrogens with one attached hydrogen (secondary N) is 1. The molecule has 1 fully saturated rings. The van der Waals surface area contributed by atoms with Crippen molar-refractivity contribution in [1.29, 1.82) is 0 Å². The van der Waals surface area contributed by atoms with Crippen LogP contribution in [0.4, 0.5) is 0 Å². The molecule has 0 radical (unpaired) electrons. The van der Waals surface area contributed by atoms with Crippen molar-refractivity contribution in [2.45, 2.75) is 24.7 Å². The van der Waals surface area contributed by atoms with Gasteiger partial charge in [0.25, 0.3) is 0 Å². The molecule has 1 heterocycles. The molecule has 30 heavy (non-hydrogen) atoms. The summed E-state index contributed by atoms with van der Waals surface area (Å²) in [5, 5.41) is 13.8. The van der Waals surface area contributed by atoms with Gasteiger partial charge in [-0.05, 0) is 50.1 Å². The lowest BCUT2D eigenvalue weighted by Gasteiger charge is -2.30. The first-order valence-corrected chi connectivity index (χ1v) is 11.0. The third-order valence-electron chi connectivity index (χ3n) is 5.03. The number of rotatable bonds is 6. The fraction of sp³-hybridized carbons (Fsp3) is 0.333. The Kier molecular flexibility index (Phi) is 6.73. The van der Waals surface area contributed by atoms with Gasteiger partial charge in [0.1, 0.15) is 11.5 Å². The van der Waals surface area contributed by atoms with Crippen molar-refractivity contribution >= 4 is 22.1 Å². The number of benzene rings is 2. The maximum absolute atomic E-state index is 12.9. The molecule has 2 N–H and O–H groups in total. The Bertz CT molecular complexity index is 1040. The highest BCUT2D eigenvalue weighted by Crippen LogP contribution is 2.24. The molecule has 1 aliphatic heterocycles. The second-order valence-corrected chi connectivity index (χ2v) is 9.11. The first kappa shape index (κ1) is 21.8. The predicted molar refractivity (Wildman–Crippen MR) is 113 cm³/mol. The number of phenols is 1. The van der Waals surface area contributed by atoms with Crippen molar-refractivity contribution in [2.24, 2.45) is 11.0 Å². The molecule has 0 aliphatic carbocycles. The summed E-state index contributed by atoms with van der Waals surface area (Å²) in [5.74, 6) is -0.320. The molecule has 2 aromatic carbocycles. The highest BCUT2D eigenvalue weighted by atomic mass is 32.2. The SMILES string of the molecule is COc1ccc(O)c(/C=N/NC(=O)[C@@H]2CCCN(S(=O)(=O)c3ccc(C)cc3)C2)c1. The Hall–Kier alpha value is -2.91. The van der Waals surface area contributed by atoms with Gasteiger partial charge in [0, 0.05) is 18.7 Å². The average molecular weight is 432 g/mol. The van der Waals surface area contributed by atoms with Gasteiger partial charge in [-0.2, -0.15) is 9.41 Å². The molecule has 8 nitrogen and oxygen atoms in total. The smallest absolute Gasteiger partial charge is 0.244 e. The molecule has 1 amide bonds. The van der Waals surface area contributed by atoms with E-state index < -0.39 is 15.9 Å². The van der Waals surface area contributed by atoms with E-state index in [1.54, 1.807) is 36.4 Å². The first-order chi connectivity index (χ1) is 14.3. The van der Waals surface area contributed by atoms with Crippen molar-refractivity contribution in [3.8, 4) is 11.5 Å². The number of hydrogen-bond donors (Lipinski definition) is 2. The van der Waals surface area contributed by atoms with Gasteiger partial charge in [0.15, 0.2) is 0 Å². The number of sulfonamides is 1. The van der Waals surface area contributed by atoms with Crippen LogP contribution in [0.5, 0.6) is 11.5 Å². The van der Waals surface area contributed by atoms with E-state index in [4.69, 9.17) is 4.74 Å². The zero-order valence-electron chi connectivity index (χ0n) is 16.9. The number of nitrogens with zero attached hydrogens (tertiary/aromatic N) is 2. The first-order valence-electron chi connectivity index (χ1n) is 9.58. The maximum atomic E-state index is 12.9. The summed E-state index contributed by atoms with van der Waals surface area (Å²) >= 11 is 0. The highest BCUT2D eigenvalue weighted by molar-refractivity contribution is 7.89. The monoisotopic (exact) mass is 431 g/mol. The molecule has 1 aliphatic rings. The lowest BCUT2D eigenvalue weighted by molar-refractivity contribution is -0.126. The van der Waals surface area contributed by atoms with Gasteiger partial charge < -0.3 is 9.84 Å². The van der Waals surface area contributed by atoms with Crippen LogP contribution >= 0.6 is 0 Å². The third-order valence-corrected chi connectivity index (χ3v) is 6.91. The molecule has 9 heteroatoms. The molecule has 1 saturated heterocycles. The number of ether oxygens (including phenoxy) is 1. The number of aromatic hydroxyl groups is 1. The van der Waals surface area contributed by atoms with Crippen LogP contribution in [0.1, 0.15) is 24.0 Å². The Morgan fingerprint density at radius 3 is 2.70 bits per heavy atom. The Morgan fingerprint density at radius 1 is 1.27 bits per heavy atom. The number of aryl methyl sites for hydroxylation is 1. The second kappa shape index (κ2) is 9.27. The van der Waals surface area contributed by atoms with Gasteiger partial charge in [-0.1, -0.05) is 17.7 Å². The molecule has 0 aromatic heterocycles. The van der Waals surface area contributed by atoms with Gasteiger partial charge in [-0.25, -0.2) is 13.8 Å². The Balaban J connectivity index is 1.65. The minimum Gasteiger partial charge on any atom is -0.507 e. The van der Waals surface area contributed by atoms with E-state index >= 15 is 0 Å². The normalized spacial score (nSPS) is 17.7. The highest BCUT2D eigenvalue weighted by Gasteiger charge is 2.33. The van der Waals surface area contributed by atoms with E-state index in [-0.39, 0.29) is 23.1 Å². The predicted octanol–water partition coefficient (Wildman–Crippen LogP) is 2.26. The fourth-order valence-electron chi connectivity index (χ4n) is 3.25. The summed E-state index contributed by atoms with van der Waals surface area (Å²) in [6.45, 7) is 2.37. The van der Waals surface area contributed by atoms with Crippen LogP contribution in [0.25, 0.3) is 0 Å². The topological polar surface area (TPSA) is 108 Å². The van der Waals surface area contributed by atoms with Crippen molar-refractivity contribution < 1.29 is 23.1 Å². The molecule has 160 valence electrons. The van der Waals surface area contributed by atoms with Crippen LogP contribution in [-0.4, -0.2) is 50.2 Å². The van der Waals surface area contributed by atoms with Gasteiger partial charge in [-0.3, -0.25) is 4.79 Å². The number of hydrazone groups is 1. The van der Waals surface area contributed by atoms with E-state index in [9.17, 15) is 18.3 Å². The summed E-state index contributed by atoms with van der Waals surface area (Å²) in [6, 6.07) is 11.3. The summed E-state index contributed by atoms with van der Waals surface area (Å²) in [4.78, 5) is 12.7. The molecule has 3 rings (SSSR count). The van der Waals surface area contributed by atoms with Crippen LogP contribution in [0.2, 0.25) is 0 Å². The number of methoxy groups -OCH3 is 1. The molecular formula is C21H25N3O5S. The summed E-state index contributed by atoms with van der Waals surface area (Å²) < 4.78 is 32.2. The lowest BCUT2D eigenvalue weighted by atomic mass is 9.99. The molecular weight excluding hydrogens is 406 g/mol. The summed E-state index contributed by atoms with van der Waals surface area (Å²) in [6.07, 6.45) is 2.48. The van der Waals surface area contributed by atoms with Gasteiger partial charge in [0.2, 0.25) is 15.9 Å². The zero-order chi connectivity index (χ0) is 21.7. The van der Waals surface area contributed by atoms with E-state index in [0.717, 1.165) is 5.56 Å². The zero-order valence-corrected chi connectivity index (χ0v) is 17.7. The minimum absolute atomic E-state index is 0.00170. The van der Waals surface area contributed by atoms with Gasteiger partial charge in [-0.15, -0.1) is 0 Å². The summed E-state index contributed by atoms with van der Waals surface area (Å²) in [7, 11) is -2.15. The third kappa shape index (κ3) is 4.98. The second-order valence-electron chi connectivity index (χ2n) is 7.17. The maximum Gasteiger partial charge on any atom is 0.244 e. The molecule has 0 bridgehead atoms. The van der Waals surface area contributed by atoms with Crippen molar-refractivity contribution in [3.63, 3.8) is 0 Å². The van der Waals surface area contributed by atoms with E-state index in [2.05, 4.69) is 10.5 Å². The van der Waals surface area contributed by atoms with Crippen LogP contribution in [0.3, 0.4) is 0 Å². The largest absolute Gasteiger partial charge is 0.507 e. The number of piperidine rings is 1. The quantitative estimate of drug-likeness (QED) is 0.539. The molecule has 0 unspecified atom stereocenters. The fourth-order valence-corrected chi connectivity index (χ4v) is 4.78. The van der Waals surface area contributed by atoms with Crippen LogP contribution in [-0.2, 0) is 14.8 Å². The van der Waals surface area contributed by atoms with Crippen LogP contribution < -0.4 is 10.2 Å². The average Bonchev–Trinajstić information content (AvgIpc) is 2.75. The Labute approximate surface area is 176 Å². The van der Waals surface area contributed by atoms with Crippen molar-refractivity contribution in [2.75, 3.05) is 20.2 Å². The number of amides is 1. The molecule has 0 spiro atoms. The number of phenolic OH excluding ortho intramolecular Hbond substituents is 1. The molecule has 0 saturated carbocycles.